The molecule has 0 aliphatic carbocycles. The van der Waals surface area contributed by atoms with E-state index >= 15 is 0 Å². The largest absolute Gasteiger partial charge is 0.374 e. The zero-order valence-corrected chi connectivity index (χ0v) is 6.06. The Morgan fingerprint density at radius 3 is 1.11 bits per heavy atom. The van der Waals surface area contributed by atoms with Crippen LogP contribution in [-0.2, 0) is 18.5 Å². The highest BCUT2D eigenvalue weighted by molar-refractivity contribution is 9.02. The Kier molecular flexibility index (Phi) is 2.41. The van der Waals surface area contributed by atoms with Crippen molar-refractivity contribution in [3.05, 3.63) is 0 Å². The van der Waals surface area contributed by atoms with Crippen LogP contribution in [0.1, 0.15) is 0 Å². The molecule has 0 bridgehead atoms. The molecular weight excluding hydrogens is 198 g/mol. The van der Waals surface area contributed by atoms with Gasteiger partial charge in [0.2, 0.25) is 0 Å². The van der Waals surface area contributed by atoms with Gasteiger partial charge in [-0.05, 0) is 0 Å². The topological polar surface area (TPSA) is 68.3 Å². The van der Waals surface area contributed by atoms with Crippen molar-refractivity contribution in [1.82, 2.24) is 0 Å². The Bertz CT molecular complexity index is 239. The van der Waals surface area contributed by atoms with Gasteiger partial charge < -0.3 is 0 Å². The molecule has 0 rings (SSSR count). The summed E-state index contributed by atoms with van der Waals surface area (Å²) in [5, 5.41) is 0. The van der Waals surface area contributed by atoms with Gasteiger partial charge in [0.15, 0.2) is 9.83 Å². The maximum Gasteiger partial charge on any atom is 0.374 e. The van der Waals surface area contributed by atoms with Gasteiger partial charge in [0.25, 0.3) is 0 Å². The van der Waals surface area contributed by atoms with E-state index in [1.165, 1.54) is 0 Å². The zero-order chi connectivity index (χ0) is 7.71. The predicted molar refractivity (Wildman–Crippen MR) is 27.6 cm³/mol. The van der Waals surface area contributed by atoms with Crippen LogP contribution in [0.3, 0.4) is 0 Å². The fourth-order valence-electron chi connectivity index (χ4n) is 0.0971. The monoisotopic (exact) mass is 198 g/mol. The summed E-state index contributed by atoms with van der Waals surface area (Å²) >= 11 is 0. The predicted octanol–water partition coefficient (Wildman–Crippen LogP) is 0.148. The average Bonchev–Trinajstić information content (AvgIpc) is 1.14. The fourth-order valence-corrected chi connectivity index (χ4v) is 2.62. The molecule has 9 heavy (non-hydrogen) atoms. The smallest absolute Gasteiger partial charge is 0.181 e. The molecule has 0 aliphatic rings. The van der Waals surface area contributed by atoms with Gasteiger partial charge in [-0.1, -0.05) is 7.77 Å². The second-order valence-corrected chi connectivity index (χ2v) is 6.58. The van der Waals surface area contributed by atoms with E-state index in [9.17, 15) is 24.6 Å². The van der Waals surface area contributed by atoms with E-state index in [0.717, 1.165) is 0 Å². The minimum Gasteiger partial charge on any atom is -0.181 e. The lowest BCUT2D eigenvalue weighted by Crippen LogP contribution is -1.88. The lowest BCUT2D eigenvalue weighted by atomic mass is 15.9. The summed E-state index contributed by atoms with van der Waals surface area (Å²) in [6.07, 6.45) is 0. The Hall–Kier alpha value is 0.110. The molecule has 0 aromatic heterocycles. The molecule has 0 saturated carbocycles. The van der Waals surface area contributed by atoms with Crippen molar-refractivity contribution in [2.45, 2.75) is 0 Å². The molecule has 0 aliphatic heterocycles. The first-order valence-electron chi connectivity index (χ1n) is 1.31. The highest BCUT2D eigenvalue weighted by Crippen LogP contribution is 2.22. The minimum absolute atomic E-state index is 1.37. The van der Waals surface area contributed by atoms with E-state index in [1.54, 1.807) is 0 Å². The van der Waals surface area contributed by atoms with Gasteiger partial charge in [0, 0.05) is 0 Å². The molecule has 0 radical (unpaired) electrons. The maximum atomic E-state index is 11.2. The second-order valence-electron chi connectivity index (χ2n) is 0.854. The maximum absolute atomic E-state index is 11.2. The van der Waals surface area contributed by atoms with Crippen molar-refractivity contribution in [2.75, 3.05) is 0 Å². The summed E-state index contributed by atoms with van der Waals surface area (Å²) < 4.78 is 59.7. The molecule has 56 valence electrons. The first-order valence-corrected chi connectivity index (χ1v) is 5.93. The molecule has 0 fully saturated rings. The molecule has 0 saturated heterocycles. The molecular formula is F2O4S3. The van der Waals surface area contributed by atoms with Crippen LogP contribution in [0.25, 0.3) is 0 Å². The van der Waals surface area contributed by atoms with Crippen LogP contribution in [-0.4, -0.2) is 16.8 Å². The third kappa shape index (κ3) is 8.11. The van der Waals surface area contributed by atoms with Crippen molar-refractivity contribution >= 4 is 28.3 Å². The first kappa shape index (κ1) is 9.11. The van der Waals surface area contributed by atoms with E-state index in [2.05, 4.69) is 0 Å². The fraction of sp³-hybridized carbons (Fsp3) is 0. The summed E-state index contributed by atoms with van der Waals surface area (Å²) in [6, 6.07) is 0. The summed E-state index contributed by atoms with van der Waals surface area (Å²) in [5.74, 6) is 0. The zero-order valence-electron chi connectivity index (χ0n) is 3.61. The minimum atomic E-state index is -5.33. The van der Waals surface area contributed by atoms with E-state index < -0.39 is 28.3 Å². The normalized spacial score (nSPS) is 13.6. The molecule has 0 heterocycles. The molecule has 0 amide bonds. The quantitative estimate of drug-likeness (QED) is 0.466. The molecule has 4 nitrogen and oxygen atoms in total. The summed E-state index contributed by atoms with van der Waals surface area (Å²) in [5.41, 5.74) is 0. The molecule has 9 heteroatoms. The van der Waals surface area contributed by atoms with Crippen LogP contribution in [0.2, 0.25) is 0 Å². The summed E-state index contributed by atoms with van der Waals surface area (Å²) in [6.45, 7) is 0. The average molecular weight is 198 g/mol. The Morgan fingerprint density at radius 1 is 0.889 bits per heavy atom. The van der Waals surface area contributed by atoms with Crippen LogP contribution in [0.4, 0.5) is 7.77 Å². The van der Waals surface area contributed by atoms with E-state index in [-0.39, 0.29) is 0 Å². The van der Waals surface area contributed by atoms with Crippen LogP contribution in [0.15, 0.2) is 0 Å². The van der Waals surface area contributed by atoms with Gasteiger partial charge in [0.05, 0.1) is 0 Å². The van der Waals surface area contributed by atoms with Gasteiger partial charge in [0.1, 0.15) is 0 Å². The third-order valence-electron chi connectivity index (χ3n) is 0.163. The van der Waals surface area contributed by atoms with Crippen molar-refractivity contribution in [3.8, 4) is 0 Å². The van der Waals surface area contributed by atoms with Gasteiger partial charge in [-0.3, -0.25) is 0 Å². The number of rotatable bonds is 2. The highest BCUT2D eigenvalue weighted by Gasteiger charge is 2.21. The summed E-state index contributed by atoms with van der Waals surface area (Å²) in [4.78, 5) is 0. The van der Waals surface area contributed by atoms with E-state index in [1.807, 2.05) is 0 Å². The summed E-state index contributed by atoms with van der Waals surface area (Å²) in [7, 11) is -12.0. The number of hydrogen-bond donors (Lipinski definition) is 0. The van der Waals surface area contributed by atoms with Crippen LogP contribution in [0, 0.1) is 0 Å². The molecule has 0 N–H and O–H groups in total. The molecule has 0 aromatic carbocycles. The SMILES string of the molecule is O=S(=O)(F)SS(=O)(=O)F. The van der Waals surface area contributed by atoms with E-state index in [4.69, 9.17) is 0 Å². The molecule has 0 unspecified atom stereocenters. The Balaban J connectivity index is 4.46. The highest BCUT2D eigenvalue weighted by atomic mass is 33.5. The Labute approximate surface area is 53.5 Å². The third-order valence-corrected chi connectivity index (χ3v) is 4.39. The van der Waals surface area contributed by atoms with Crippen molar-refractivity contribution < 1.29 is 24.6 Å². The molecule has 0 spiro atoms. The first-order chi connectivity index (χ1) is 3.71. The van der Waals surface area contributed by atoms with Gasteiger partial charge in [-0.15, -0.1) is 0 Å². The number of hydrogen-bond acceptors (Lipinski definition) is 5. The van der Waals surface area contributed by atoms with Gasteiger partial charge in [-0.25, -0.2) is 0 Å². The van der Waals surface area contributed by atoms with Gasteiger partial charge in [-0.2, -0.15) is 16.8 Å². The van der Waals surface area contributed by atoms with Crippen molar-refractivity contribution in [3.63, 3.8) is 0 Å². The van der Waals surface area contributed by atoms with Crippen LogP contribution >= 0.6 is 9.83 Å². The van der Waals surface area contributed by atoms with Crippen LogP contribution < -0.4 is 0 Å². The van der Waals surface area contributed by atoms with Crippen LogP contribution in [0.5, 0.6) is 0 Å². The van der Waals surface area contributed by atoms with E-state index in [0.29, 0.717) is 0 Å². The lowest BCUT2D eigenvalue weighted by Gasteiger charge is -1.82. The number of halogens is 2. The molecule has 0 atom stereocenters. The van der Waals surface area contributed by atoms with Crippen molar-refractivity contribution in [1.29, 1.82) is 0 Å². The molecule has 0 aromatic rings. The standard InChI is InChI=1S/F2O4S3/c1-8(3,4)7-9(2,5)6. The second kappa shape index (κ2) is 2.39. The van der Waals surface area contributed by atoms with Crippen molar-refractivity contribution in [2.24, 2.45) is 0 Å². The lowest BCUT2D eigenvalue weighted by molar-refractivity contribution is 0.568. The van der Waals surface area contributed by atoms with Gasteiger partial charge >= 0.3 is 18.5 Å². The Morgan fingerprint density at radius 2 is 1.11 bits per heavy atom.